The minimum absolute atomic E-state index is 0.232. The van der Waals surface area contributed by atoms with E-state index in [4.69, 9.17) is 14.2 Å². The van der Waals surface area contributed by atoms with Gasteiger partial charge in [0.25, 0.3) is 5.79 Å². The van der Waals surface area contributed by atoms with Crippen molar-refractivity contribution in [2.24, 2.45) is 0 Å². The van der Waals surface area contributed by atoms with Gasteiger partial charge in [-0.25, -0.2) is 14.0 Å². The van der Waals surface area contributed by atoms with Gasteiger partial charge in [-0.1, -0.05) is 0 Å². The van der Waals surface area contributed by atoms with Crippen LogP contribution in [0.3, 0.4) is 0 Å². The smallest absolute Gasteiger partial charge is 0.348 e. The number of cyclic esters (lactones) is 2. The summed E-state index contributed by atoms with van der Waals surface area (Å²) < 4.78 is 28.5. The van der Waals surface area contributed by atoms with Crippen LogP contribution in [0.4, 0.5) is 4.39 Å². The molecule has 1 aromatic rings. The molecule has 0 aromatic heterocycles. The van der Waals surface area contributed by atoms with E-state index in [1.54, 1.807) is 6.92 Å². The molecule has 1 heterocycles. The highest BCUT2D eigenvalue weighted by Gasteiger charge is 2.38. The van der Waals surface area contributed by atoms with Gasteiger partial charge < -0.3 is 14.2 Å². The number of hydrogen-bond acceptors (Lipinski definition) is 5. The highest BCUT2D eigenvalue weighted by Crippen LogP contribution is 2.27. The Balaban J connectivity index is 2.39. The Morgan fingerprint density at radius 3 is 2.43 bits per heavy atom. The molecule has 0 N–H and O–H groups in total. The fourth-order valence-corrected chi connectivity index (χ4v) is 1.84. The lowest BCUT2D eigenvalue weighted by atomic mass is 10.1. The Kier molecular flexibility index (Phi) is 3.97. The maximum Gasteiger partial charge on any atom is 0.348 e. The van der Waals surface area contributed by atoms with E-state index in [1.165, 1.54) is 38.1 Å². The van der Waals surface area contributed by atoms with Crippen molar-refractivity contribution in [2.75, 3.05) is 6.61 Å². The second-order valence-electron chi connectivity index (χ2n) is 4.85. The highest BCUT2D eigenvalue weighted by atomic mass is 19.1. The first-order valence-electron chi connectivity index (χ1n) is 6.43. The third kappa shape index (κ3) is 3.39. The standard InChI is InChI=1S/C15H15FO5/c1-4-19-12-8-10(16)6-5-9(12)7-11-13(17)20-15(2,3)21-14(11)18/h5-8H,4H2,1-3H3. The second kappa shape index (κ2) is 5.55. The van der Waals surface area contributed by atoms with E-state index >= 15 is 0 Å². The van der Waals surface area contributed by atoms with Gasteiger partial charge in [0, 0.05) is 25.5 Å². The highest BCUT2D eigenvalue weighted by molar-refractivity contribution is 6.19. The predicted octanol–water partition coefficient (Wildman–Crippen LogP) is 2.44. The molecule has 0 atom stereocenters. The summed E-state index contributed by atoms with van der Waals surface area (Å²) in [7, 11) is 0. The third-order valence-corrected chi connectivity index (χ3v) is 2.69. The maximum atomic E-state index is 13.2. The zero-order valence-electron chi connectivity index (χ0n) is 11.9. The zero-order valence-corrected chi connectivity index (χ0v) is 11.9. The molecule has 6 heteroatoms. The molecule has 112 valence electrons. The quantitative estimate of drug-likeness (QED) is 0.487. The lowest BCUT2D eigenvalue weighted by Gasteiger charge is -2.29. The van der Waals surface area contributed by atoms with Crippen LogP contribution in [-0.2, 0) is 19.1 Å². The Morgan fingerprint density at radius 2 is 1.86 bits per heavy atom. The first-order valence-corrected chi connectivity index (χ1v) is 6.43. The molecule has 1 aromatic carbocycles. The van der Waals surface area contributed by atoms with E-state index in [-0.39, 0.29) is 11.3 Å². The molecule has 0 bridgehead atoms. The molecule has 5 nitrogen and oxygen atoms in total. The van der Waals surface area contributed by atoms with Crippen molar-refractivity contribution in [1.82, 2.24) is 0 Å². The third-order valence-electron chi connectivity index (χ3n) is 2.69. The lowest BCUT2D eigenvalue weighted by Crippen LogP contribution is -2.41. The molecular formula is C15H15FO5. The van der Waals surface area contributed by atoms with Gasteiger partial charge in [-0.15, -0.1) is 0 Å². The van der Waals surface area contributed by atoms with Crippen LogP contribution >= 0.6 is 0 Å². The van der Waals surface area contributed by atoms with E-state index in [2.05, 4.69) is 0 Å². The van der Waals surface area contributed by atoms with Crippen LogP contribution in [0.1, 0.15) is 26.3 Å². The number of esters is 2. The summed E-state index contributed by atoms with van der Waals surface area (Å²) in [5.41, 5.74) is 0.128. The molecule has 0 amide bonds. The van der Waals surface area contributed by atoms with E-state index in [0.717, 1.165) is 0 Å². The first kappa shape index (κ1) is 15.0. The molecule has 1 saturated heterocycles. The van der Waals surface area contributed by atoms with E-state index < -0.39 is 23.5 Å². The summed E-state index contributed by atoms with van der Waals surface area (Å²) in [6, 6.07) is 3.80. The molecule has 1 aliphatic heterocycles. The zero-order chi connectivity index (χ0) is 15.6. The number of rotatable bonds is 3. The Morgan fingerprint density at radius 1 is 1.24 bits per heavy atom. The fraction of sp³-hybridized carbons (Fsp3) is 0.333. The van der Waals surface area contributed by atoms with Gasteiger partial charge in [0.1, 0.15) is 17.1 Å². The molecule has 0 unspecified atom stereocenters. The minimum Gasteiger partial charge on any atom is -0.493 e. The van der Waals surface area contributed by atoms with Crippen molar-refractivity contribution in [3.63, 3.8) is 0 Å². The van der Waals surface area contributed by atoms with Crippen LogP contribution < -0.4 is 4.74 Å². The summed E-state index contributed by atoms with van der Waals surface area (Å²) in [5, 5.41) is 0. The van der Waals surface area contributed by atoms with E-state index in [9.17, 15) is 14.0 Å². The molecule has 2 rings (SSSR count). The van der Waals surface area contributed by atoms with Crippen molar-refractivity contribution < 1.29 is 28.2 Å². The molecule has 1 fully saturated rings. The molecule has 0 saturated carbocycles. The summed E-state index contributed by atoms with van der Waals surface area (Å²) in [6.45, 7) is 4.99. The van der Waals surface area contributed by atoms with Crippen molar-refractivity contribution in [3.05, 3.63) is 35.2 Å². The van der Waals surface area contributed by atoms with Crippen LogP contribution in [-0.4, -0.2) is 24.3 Å². The van der Waals surface area contributed by atoms with Crippen LogP contribution in [0.15, 0.2) is 23.8 Å². The number of hydrogen-bond donors (Lipinski definition) is 0. The van der Waals surface area contributed by atoms with Crippen molar-refractivity contribution in [2.45, 2.75) is 26.6 Å². The molecule has 0 aliphatic carbocycles. The Bertz CT molecular complexity index is 596. The molecule has 21 heavy (non-hydrogen) atoms. The van der Waals surface area contributed by atoms with Crippen LogP contribution in [0.5, 0.6) is 5.75 Å². The maximum absolute atomic E-state index is 13.2. The van der Waals surface area contributed by atoms with E-state index in [1.807, 2.05) is 0 Å². The first-order chi connectivity index (χ1) is 9.82. The SMILES string of the molecule is CCOc1cc(F)ccc1C=C1C(=O)OC(C)(C)OC1=O. The van der Waals surface area contributed by atoms with Gasteiger partial charge in [0.15, 0.2) is 0 Å². The number of carbonyl (C=O) groups is 2. The number of benzene rings is 1. The predicted molar refractivity (Wildman–Crippen MR) is 71.8 cm³/mol. The molecule has 0 spiro atoms. The molecular weight excluding hydrogens is 279 g/mol. The lowest BCUT2D eigenvalue weighted by molar-refractivity contribution is -0.222. The number of carbonyl (C=O) groups excluding carboxylic acids is 2. The summed E-state index contributed by atoms with van der Waals surface area (Å²) in [5.74, 6) is -3.12. The van der Waals surface area contributed by atoms with E-state index in [0.29, 0.717) is 12.2 Å². The van der Waals surface area contributed by atoms with Gasteiger partial charge in [0.05, 0.1) is 6.61 Å². The van der Waals surface area contributed by atoms with Gasteiger partial charge in [-0.3, -0.25) is 0 Å². The summed E-state index contributed by atoms with van der Waals surface area (Å²) in [4.78, 5) is 23.7. The molecule has 1 aliphatic rings. The normalized spacial score (nSPS) is 17.0. The fourth-order valence-electron chi connectivity index (χ4n) is 1.84. The average Bonchev–Trinajstić information content (AvgIpc) is 2.35. The largest absolute Gasteiger partial charge is 0.493 e. The van der Waals surface area contributed by atoms with Gasteiger partial charge in [-0.05, 0) is 25.1 Å². The Hall–Kier alpha value is -2.37. The van der Waals surface area contributed by atoms with Crippen LogP contribution in [0, 0.1) is 5.82 Å². The van der Waals surface area contributed by atoms with Crippen molar-refractivity contribution in [1.29, 1.82) is 0 Å². The summed E-state index contributed by atoms with van der Waals surface area (Å²) in [6.07, 6.45) is 1.27. The number of halogens is 1. The van der Waals surface area contributed by atoms with Crippen molar-refractivity contribution in [3.8, 4) is 5.75 Å². The number of ether oxygens (including phenoxy) is 3. The topological polar surface area (TPSA) is 61.8 Å². The van der Waals surface area contributed by atoms with Gasteiger partial charge in [-0.2, -0.15) is 0 Å². The van der Waals surface area contributed by atoms with Crippen molar-refractivity contribution >= 4 is 18.0 Å². The van der Waals surface area contributed by atoms with Crippen LogP contribution in [0.25, 0.3) is 6.08 Å². The molecule has 0 radical (unpaired) electrons. The van der Waals surface area contributed by atoms with Crippen LogP contribution in [0.2, 0.25) is 0 Å². The monoisotopic (exact) mass is 294 g/mol. The second-order valence-corrected chi connectivity index (χ2v) is 4.85. The van der Waals surface area contributed by atoms with Gasteiger partial charge in [0.2, 0.25) is 0 Å². The summed E-state index contributed by atoms with van der Waals surface area (Å²) >= 11 is 0. The van der Waals surface area contributed by atoms with Gasteiger partial charge >= 0.3 is 11.9 Å². The minimum atomic E-state index is -1.29. The average molecular weight is 294 g/mol. The Labute approximate surface area is 121 Å².